The van der Waals surface area contributed by atoms with E-state index in [-0.39, 0.29) is 11.8 Å². The van der Waals surface area contributed by atoms with E-state index in [1.165, 1.54) is 0 Å². The highest BCUT2D eigenvalue weighted by Gasteiger charge is 2.16. The first kappa shape index (κ1) is 14.3. The first-order chi connectivity index (χ1) is 8.65. The van der Waals surface area contributed by atoms with Crippen LogP contribution in [0.4, 0.5) is 0 Å². The van der Waals surface area contributed by atoms with Crippen molar-refractivity contribution in [3.63, 3.8) is 0 Å². The second kappa shape index (κ2) is 6.86. The maximum Gasteiger partial charge on any atom is 0.220 e. The summed E-state index contributed by atoms with van der Waals surface area (Å²) in [6.45, 7) is 0.406. The lowest BCUT2D eigenvalue weighted by molar-refractivity contribution is -0.120. The number of nitrogens with one attached hydrogen (secondary N) is 1. The van der Waals surface area contributed by atoms with E-state index >= 15 is 0 Å². The van der Waals surface area contributed by atoms with Crippen LogP contribution in [0.1, 0.15) is 17.9 Å². The van der Waals surface area contributed by atoms with Crippen LogP contribution in [0.25, 0.3) is 0 Å². The summed E-state index contributed by atoms with van der Waals surface area (Å²) in [5.41, 5.74) is 6.69. The van der Waals surface area contributed by atoms with Crippen LogP contribution < -0.4 is 20.5 Å². The molecule has 5 heteroatoms. The quantitative estimate of drug-likeness (QED) is 0.788. The van der Waals surface area contributed by atoms with Crippen LogP contribution in [0.2, 0.25) is 0 Å². The van der Waals surface area contributed by atoms with Gasteiger partial charge < -0.3 is 20.5 Å². The number of benzene rings is 1. The molecular weight excluding hydrogens is 232 g/mol. The predicted octanol–water partition coefficient (Wildman–Crippen LogP) is 0.882. The zero-order valence-corrected chi connectivity index (χ0v) is 11.0. The number of ether oxygens (including phenoxy) is 2. The second-order valence-corrected chi connectivity index (χ2v) is 3.92. The summed E-state index contributed by atoms with van der Waals surface area (Å²) in [5.74, 6) is 1.26. The van der Waals surface area contributed by atoms with Gasteiger partial charge in [0.25, 0.3) is 0 Å². The monoisotopic (exact) mass is 252 g/mol. The molecule has 100 valence electrons. The SMILES string of the molecule is CNC(=O)CC(CN)c1ccc(OC)c(OC)c1. The summed E-state index contributed by atoms with van der Waals surface area (Å²) in [7, 11) is 4.78. The third kappa shape index (κ3) is 3.37. The molecule has 0 spiro atoms. The van der Waals surface area contributed by atoms with Gasteiger partial charge in [0.1, 0.15) is 0 Å². The molecule has 5 nitrogen and oxygen atoms in total. The molecule has 0 aliphatic carbocycles. The molecule has 3 N–H and O–H groups in total. The molecule has 0 saturated heterocycles. The Morgan fingerprint density at radius 2 is 2.00 bits per heavy atom. The molecule has 1 rings (SSSR count). The van der Waals surface area contributed by atoms with E-state index in [2.05, 4.69) is 5.32 Å². The number of amides is 1. The Morgan fingerprint density at radius 1 is 1.33 bits per heavy atom. The fourth-order valence-corrected chi connectivity index (χ4v) is 1.77. The van der Waals surface area contributed by atoms with Crippen molar-refractivity contribution < 1.29 is 14.3 Å². The molecule has 1 amide bonds. The number of hydrogen-bond donors (Lipinski definition) is 2. The van der Waals surface area contributed by atoms with Crippen LogP contribution in [0, 0.1) is 0 Å². The van der Waals surface area contributed by atoms with Crippen molar-refractivity contribution in [1.82, 2.24) is 5.32 Å². The lowest BCUT2D eigenvalue weighted by atomic mass is 9.95. The number of hydrogen-bond acceptors (Lipinski definition) is 4. The van der Waals surface area contributed by atoms with Gasteiger partial charge in [0, 0.05) is 19.4 Å². The van der Waals surface area contributed by atoms with Gasteiger partial charge in [-0.3, -0.25) is 4.79 Å². The van der Waals surface area contributed by atoms with Crippen molar-refractivity contribution in [2.45, 2.75) is 12.3 Å². The third-order valence-corrected chi connectivity index (χ3v) is 2.87. The summed E-state index contributed by atoms with van der Waals surface area (Å²) in [6, 6.07) is 5.59. The average molecular weight is 252 g/mol. The van der Waals surface area contributed by atoms with Crippen molar-refractivity contribution in [1.29, 1.82) is 0 Å². The van der Waals surface area contributed by atoms with Crippen LogP contribution in [0.3, 0.4) is 0 Å². The van der Waals surface area contributed by atoms with Gasteiger partial charge in [0.2, 0.25) is 5.91 Å². The van der Waals surface area contributed by atoms with Crippen LogP contribution in [-0.2, 0) is 4.79 Å². The van der Waals surface area contributed by atoms with Crippen molar-refractivity contribution in [3.8, 4) is 11.5 Å². The predicted molar refractivity (Wildman–Crippen MR) is 70.0 cm³/mol. The van der Waals surface area contributed by atoms with E-state index in [1.807, 2.05) is 18.2 Å². The molecule has 1 atom stereocenters. The summed E-state index contributed by atoms with van der Waals surface area (Å²) >= 11 is 0. The van der Waals surface area contributed by atoms with Crippen LogP contribution in [0.15, 0.2) is 18.2 Å². The Kier molecular flexibility index (Phi) is 5.45. The number of methoxy groups -OCH3 is 2. The molecule has 0 aliphatic rings. The molecule has 18 heavy (non-hydrogen) atoms. The van der Waals surface area contributed by atoms with Gasteiger partial charge >= 0.3 is 0 Å². The molecule has 1 aromatic rings. The van der Waals surface area contributed by atoms with Crippen molar-refractivity contribution in [2.24, 2.45) is 5.73 Å². The van der Waals surface area contributed by atoms with Gasteiger partial charge in [0.05, 0.1) is 14.2 Å². The highest BCUT2D eigenvalue weighted by Crippen LogP contribution is 2.31. The molecule has 0 radical (unpaired) electrons. The average Bonchev–Trinajstić information content (AvgIpc) is 2.43. The maximum atomic E-state index is 11.4. The number of nitrogens with two attached hydrogens (primary N) is 1. The fraction of sp³-hybridized carbons (Fsp3) is 0.462. The van der Waals surface area contributed by atoms with E-state index in [1.54, 1.807) is 21.3 Å². The first-order valence-electron chi connectivity index (χ1n) is 5.78. The van der Waals surface area contributed by atoms with Crippen molar-refractivity contribution in [2.75, 3.05) is 27.8 Å². The smallest absolute Gasteiger partial charge is 0.220 e. The number of carbonyl (C=O) groups is 1. The molecule has 0 bridgehead atoms. The Hall–Kier alpha value is -1.75. The van der Waals surface area contributed by atoms with E-state index in [0.717, 1.165) is 5.56 Å². The molecule has 0 aliphatic heterocycles. The van der Waals surface area contributed by atoms with E-state index < -0.39 is 0 Å². The molecule has 1 unspecified atom stereocenters. The first-order valence-corrected chi connectivity index (χ1v) is 5.78. The Bertz CT molecular complexity index is 407. The van der Waals surface area contributed by atoms with E-state index in [0.29, 0.717) is 24.5 Å². The second-order valence-electron chi connectivity index (χ2n) is 3.92. The summed E-state index contributed by atoms with van der Waals surface area (Å²) in [6.07, 6.45) is 0.364. The Labute approximate surface area is 107 Å². The lowest BCUT2D eigenvalue weighted by Gasteiger charge is -2.16. The van der Waals surface area contributed by atoms with Crippen LogP contribution in [0.5, 0.6) is 11.5 Å². The minimum absolute atomic E-state index is 0.0234. The van der Waals surface area contributed by atoms with Gasteiger partial charge in [-0.15, -0.1) is 0 Å². The standard InChI is InChI=1S/C13H20N2O3/c1-15-13(16)7-10(8-14)9-4-5-11(17-2)12(6-9)18-3/h4-6,10H,7-8,14H2,1-3H3,(H,15,16). The minimum Gasteiger partial charge on any atom is -0.493 e. The largest absolute Gasteiger partial charge is 0.493 e. The van der Waals surface area contributed by atoms with Gasteiger partial charge in [-0.25, -0.2) is 0 Å². The molecule has 0 fully saturated rings. The van der Waals surface area contributed by atoms with E-state index in [9.17, 15) is 4.79 Å². The van der Waals surface area contributed by atoms with E-state index in [4.69, 9.17) is 15.2 Å². The highest BCUT2D eigenvalue weighted by atomic mass is 16.5. The van der Waals surface area contributed by atoms with Gasteiger partial charge in [0.15, 0.2) is 11.5 Å². The molecule has 0 heterocycles. The van der Waals surface area contributed by atoms with Gasteiger partial charge in [-0.2, -0.15) is 0 Å². The Morgan fingerprint density at radius 3 is 2.50 bits per heavy atom. The third-order valence-electron chi connectivity index (χ3n) is 2.87. The Balaban J connectivity index is 2.95. The number of rotatable bonds is 6. The normalized spacial score (nSPS) is 11.8. The molecular formula is C13H20N2O3. The van der Waals surface area contributed by atoms with Gasteiger partial charge in [-0.1, -0.05) is 6.07 Å². The van der Waals surface area contributed by atoms with Gasteiger partial charge in [-0.05, 0) is 24.2 Å². The number of carbonyl (C=O) groups excluding carboxylic acids is 1. The fourth-order valence-electron chi connectivity index (χ4n) is 1.77. The molecule has 0 saturated carbocycles. The van der Waals surface area contributed by atoms with Crippen LogP contribution >= 0.6 is 0 Å². The molecule has 1 aromatic carbocycles. The summed E-state index contributed by atoms with van der Waals surface area (Å²) in [5, 5.41) is 2.60. The van der Waals surface area contributed by atoms with Crippen molar-refractivity contribution in [3.05, 3.63) is 23.8 Å². The van der Waals surface area contributed by atoms with Crippen molar-refractivity contribution >= 4 is 5.91 Å². The highest BCUT2D eigenvalue weighted by molar-refractivity contribution is 5.76. The maximum absolute atomic E-state index is 11.4. The topological polar surface area (TPSA) is 73.6 Å². The lowest BCUT2D eigenvalue weighted by Crippen LogP contribution is -2.24. The minimum atomic E-state index is -0.0276. The summed E-state index contributed by atoms with van der Waals surface area (Å²) < 4.78 is 10.4. The zero-order chi connectivity index (χ0) is 13.5. The molecule has 0 aromatic heterocycles. The zero-order valence-electron chi connectivity index (χ0n) is 11.0. The van der Waals surface area contributed by atoms with Crippen LogP contribution in [-0.4, -0.2) is 33.7 Å². The summed E-state index contributed by atoms with van der Waals surface area (Å²) in [4.78, 5) is 11.4.